The Morgan fingerprint density at radius 3 is 3.05 bits per heavy atom. The summed E-state index contributed by atoms with van der Waals surface area (Å²) in [6.07, 6.45) is 1.84. The summed E-state index contributed by atoms with van der Waals surface area (Å²) in [5.74, 6) is 0.213. The molecule has 0 spiro atoms. The maximum atomic E-state index is 12.3. The van der Waals surface area contributed by atoms with Crippen LogP contribution >= 0.6 is 0 Å². The molecule has 21 heavy (non-hydrogen) atoms. The van der Waals surface area contributed by atoms with Gasteiger partial charge in [-0.25, -0.2) is 4.98 Å². The lowest BCUT2D eigenvalue weighted by atomic mass is 10.0. The van der Waals surface area contributed by atoms with E-state index >= 15 is 0 Å². The molecule has 0 radical (unpaired) electrons. The number of hydrogen-bond donors (Lipinski definition) is 2. The third-order valence-electron chi connectivity index (χ3n) is 3.82. The van der Waals surface area contributed by atoms with Gasteiger partial charge in [-0.3, -0.25) is 4.79 Å². The topological polar surface area (TPSA) is 77.2 Å². The lowest BCUT2D eigenvalue weighted by Crippen LogP contribution is -2.41. The van der Waals surface area contributed by atoms with E-state index in [4.69, 9.17) is 10.5 Å². The molecule has 1 aliphatic rings. The highest BCUT2D eigenvalue weighted by Gasteiger charge is 2.22. The Balaban J connectivity index is 1.81. The number of benzene rings is 1. The van der Waals surface area contributed by atoms with Gasteiger partial charge in [-0.15, -0.1) is 0 Å². The molecule has 1 aromatic carbocycles. The van der Waals surface area contributed by atoms with E-state index in [0.717, 1.165) is 23.6 Å². The van der Waals surface area contributed by atoms with Crippen LogP contribution in [0.15, 0.2) is 30.3 Å². The molecule has 3 rings (SSSR count). The van der Waals surface area contributed by atoms with E-state index in [1.807, 2.05) is 31.2 Å². The Bertz CT molecular complexity index is 672. The van der Waals surface area contributed by atoms with Crippen LogP contribution in [-0.2, 0) is 4.74 Å². The minimum atomic E-state index is -0.174. The van der Waals surface area contributed by atoms with Gasteiger partial charge in [0.25, 0.3) is 5.91 Å². The monoisotopic (exact) mass is 285 g/mol. The van der Waals surface area contributed by atoms with Crippen molar-refractivity contribution in [2.45, 2.75) is 31.9 Å². The first-order valence-corrected chi connectivity index (χ1v) is 7.21. The van der Waals surface area contributed by atoms with Crippen LogP contribution in [0.25, 0.3) is 10.8 Å². The molecule has 0 aliphatic carbocycles. The van der Waals surface area contributed by atoms with Gasteiger partial charge in [-0.2, -0.15) is 0 Å². The van der Waals surface area contributed by atoms with Gasteiger partial charge in [-0.05, 0) is 31.2 Å². The van der Waals surface area contributed by atoms with E-state index in [1.165, 1.54) is 0 Å². The predicted molar refractivity (Wildman–Crippen MR) is 82.1 cm³/mol. The Hall–Kier alpha value is -2.14. The van der Waals surface area contributed by atoms with Crippen LogP contribution < -0.4 is 11.1 Å². The van der Waals surface area contributed by atoms with E-state index in [1.54, 1.807) is 6.07 Å². The number of pyridine rings is 1. The average Bonchev–Trinajstić information content (AvgIpc) is 2.47. The number of carbonyl (C=O) groups excluding carboxylic acids is 1. The molecule has 110 valence electrons. The fraction of sp³-hybridized carbons (Fsp3) is 0.375. The standard InChI is InChI=1S/C16H19N3O2/c1-10-8-12(6-7-21-10)18-16(20)14-9-11-4-2-3-5-13(11)15(17)19-14/h2-5,9-10,12H,6-8H2,1H3,(H2,17,19)(H,18,20). The number of nitrogens with zero attached hydrogens (tertiary/aromatic N) is 1. The predicted octanol–water partition coefficient (Wildman–Crippen LogP) is 2.11. The van der Waals surface area contributed by atoms with Crippen LogP contribution in [0.4, 0.5) is 5.82 Å². The van der Waals surface area contributed by atoms with E-state index in [0.29, 0.717) is 18.1 Å². The number of ether oxygens (including phenoxy) is 1. The fourth-order valence-electron chi connectivity index (χ4n) is 2.73. The summed E-state index contributed by atoms with van der Waals surface area (Å²) < 4.78 is 5.49. The quantitative estimate of drug-likeness (QED) is 0.886. The minimum absolute atomic E-state index is 0.135. The largest absolute Gasteiger partial charge is 0.383 e. The number of amides is 1. The maximum Gasteiger partial charge on any atom is 0.270 e. The van der Waals surface area contributed by atoms with Crippen LogP contribution in [0.3, 0.4) is 0 Å². The molecule has 1 saturated heterocycles. The second-order valence-corrected chi connectivity index (χ2v) is 5.49. The highest BCUT2D eigenvalue weighted by molar-refractivity contribution is 5.99. The van der Waals surface area contributed by atoms with Gasteiger partial charge in [0, 0.05) is 18.0 Å². The SMILES string of the molecule is CC1CC(NC(=O)c2cc3ccccc3c(N)n2)CCO1. The molecule has 3 N–H and O–H groups in total. The van der Waals surface area contributed by atoms with Gasteiger partial charge in [0.2, 0.25) is 0 Å². The van der Waals surface area contributed by atoms with Crippen molar-refractivity contribution in [2.75, 3.05) is 12.3 Å². The van der Waals surface area contributed by atoms with E-state index in [9.17, 15) is 4.79 Å². The van der Waals surface area contributed by atoms with Crippen molar-refractivity contribution in [2.24, 2.45) is 0 Å². The second kappa shape index (κ2) is 5.69. The first-order chi connectivity index (χ1) is 10.1. The molecule has 1 aromatic heterocycles. The molecule has 1 amide bonds. The van der Waals surface area contributed by atoms with E-state index in [-0.39, 0.29) is 18.1 Å². The Morgan fingerprint density at radius 2 is 2.24 bits per heavy atom. The molecule has 5 heteroatoms. The highest BCUT2D eigenvalue weighted by atomic mass is 16.5. The zero-order valence-corrected chi connectivity index (χ0v) is 12.0. The van der Waals surface area contributed by atoms with Gasteiger partial charge in [0.1, 0.15) is 11.5 Å². The van der Waals surface area contributed by atoms with Crippen LogP contribution in [0, 0.1) is 0 Å². The molecular weight excluding hydrogens is 266 g/mol. The molecule has 1 aliphatic heterocycles. The van der Waals surface area contributed by atoms with Gasteiger partial charge in [-0.1, -0.05) is 24.3 Å². The Morgan fingerprint density at radius 1 is 1.43 bits per heavy atom. The van der Waals surface area contributed by atoms with Gasteiger partial charge < -0.3 is 15.8 Å². The number of fused-ring (bicyclic) bond motifs is 1. The number of aromatic nitrogens is 1. The first-order valence-electron chi connectivity index (χ1n) is 7.21. The molecule has 2 unspecified atom stereocenters. The van der Waals surface area contributed by atoms with E-state index < -0.39 is 0 Å². The number of nitrogens with one attached hydrogen (secondary N) is 1. The van der Waals surface area contributed by atoms with Crippen molar-refractivity contribution < 1.29 is 9.53 Å². The summed E-state index contributed by atoms with van der Waals surface area (Å²) in [7, 11) is 0. The number of carbonyl (C=O) groups is 1. The minimum Gasteiger partial charge on any atom is -0.383 e. The first kappa shape index (κ1) is 13.8. The Labute approximate surface area is 123 Å². The molecule has 0 bridgehead atoms. The van der Waals surface area contributed by atoms with Crippen molar-refractivity contribution in [3.63, 3.8) is 0 Å². The van der Waals surface area contributed by atoms with Gasteiger partial charge in [0.05, 0.1) is 6.10 Å². The van der Waals surface area contributed by atoms with Crippen molar-refractivity contribution in [3.05, 3.63) is 36.0 Å². The number of rotatable bonds is 2. The van der Waals surface area contributed by atoms with Crippen molar-refractivity contribution in [1.82, 2.24) is 10.3 Å². The zero-order chi connectivity index (χ0) is 14.8. The van der Waals surface area contributed by atoms with Crippen molar-refractivity contribution in [1.29, 1.82) is 0 Å². The number of hydrogen-bond acceptors (Lipinski definition) is 4. The third-order valence-corrected chi connectivity index (χ3v) is 3.82. The summed E-state index contributed by atoms with van der Waals surface area (Å²) in [6, 6.07) is 9.58. The van der Waals surface area contributed by atoms with E-state index in [2.05, 4.69) is 10.3 Å². The van der Waals surface area contributed by atoms with Crippen LogP contribution in [0.5, 0.6) is 0 Å². The number of anilines is 1. The van der Waals surface area contributed by atoms with Crippen LogP contribution in [0.1, 0.15) is 30.3 Å². The Kier molecular flexibility index (Phi) is 3.75. The summed E-state index contributed by atoms with van der Waals surface area (Å²) >= 11 is 0. The summed E-state index contributed by atoms with van der Waals surface area (Å²) in [5.41, 5.74) is 6.30. The molecule has 2 heterocycles. The van der Waals surface area contributed by atoms with Crippen LogP contribution in [-0.4, -0.2) is 29.6 Å². The average molecular weight is 285 g/mol. The van der Waals surface area contributed by atoms with Gasteiger partial charge in [0.15, 0.2) is 0 Å². The van der Waals surface area contributed by atoms with Crippen molar-refractivity contribution >= 4 is 22.5 Å². The van der Waals surface area contributed by atoms with Crippen LogP contribution in [0.2, 0.25) is 0 Å². The summed E-state index contributed by atoms with van der Waals surface area (Å²) in [6.45, 7) is 2.70. The lowest BCUT2D eigenvalue weighted by molar-refractivity contribution is 0.0136. The normalized spacial score (nSPS) is 22.1. The van der Waals surface area contributed by atoms with Gasteiger partial charge >= 0.3 is 0 Å². The zero-order valence-electron chi connectivity index (χ0n) is 12.0. The molecule has 2 aromatic rings. The number of nitrogens with two attached hydrogens (primary N) is 1. The molecule has 2 atom stereocenters. The fourth-order valence-corrected chi connectivity index (χ4v) is 2.73. The molecular formula is C16H19N3O2. The summed E-state index contributed by atoms with van der Waals surface area (Å²) in [5, 5.41) is 4.82. The highest BCUT2D eigenvalue weighted by Crippen LogP contribution is 2.20. The second-order valence-electron chi connectivity index (χ2n) is 5.49. The van der Waals surface area contributed by atoms with Crippen molar-refractivity contribution in [3.8, 4) is 0 Å². The summed E-state index contributed by atoms with van der Waals surface area (Å²) in [4.78, 5) is 16.6. The lowest BCUT2D eigenvalue weighted by Gasteiger charge is -2.27. The smallest absolute Gasteiger partial charge is 0.270 e. The number of nitrogen functional groups attached to an aromatic ring is 1. The molecule has 1 fully saturated rings. The molecule has 0 saturated carbocycles. The molecule has 5 nitrogen and oxygen atoms in total. The maximum absolute atomic E-state index is 12.3. The third kappa shape index (κ3) is 2.97.